The highest BCUT2D eigenvalue weighted by Crippen LogP contribution is 2.26. The second-order valence-corrected chi connectivity index (χ2v) is 7.12. The fourth-order valence-electron chi connectivity index (χ4n) is 3.35. The molecular weight excluding hydrogens is 330 g/mol. The fourth-order valence-corrected chi connectivity index (χ4v) is 3.35. The van der Waals surface area contributed by atoms with Crippen molar-refractivity contribution in [2.75, 3.05) is 26.2 Å². The highest BCUT2D eigenvalue weighted by atomic mass is 16.2. The fraction of sp³-hybridized carbons (Fsp3) is 0.526. The van der Waals surface area contributed by atoms with Crippen molar-refractivity contribution >= 4 is 23.0 Å². The van der Waals surface area contributed by atoms with Gasteiger partial charge in [0.1, 0.15) is 11.9 Å². The maximum Gasteiger partial charge on any atom is 0.318 e. The molecule has 1 saturated heterocycles. The van der Waals surface area contributed by atoms with E-state index in [1.165, 1.54) is 0 Å². The number of para-hydroxylation sites is 2. The number of fused-ring (bicyclic) bond motifs is 1. The molecule has 0 bridgehead atoms. The van der Waals surface area contributed by atoms with Gasteiger partial charge in [-0.25, -0.2) is 9.78 Å². The second kappa shape index (κ2) is 7.76. The molecule has 1 atom stereocenters. The zero-order valence-corrected chi connectivity index (χ0v) is 15.7. The SMILES string of the molecule is CCNC(=O)N1CCN(C(=O)CC(C)C)CC1c1nc2ccccc2[nH]1. The molecule has 0 saturated carbocycles. The van der Waals surface area contributed by atoms with E-state index in [0.29, 0.717) is 38.5 Å². The van der Waals surface area contributed by atoms with Crippen molar-refractivity contribution in [3.8, 4) is 0 Å². The molecule has 140 valence electrons. The van der Waals surface area contributed by atoms with Crippen molar-refractivity contribution < 1.29 is 9.59 Å². The van der Waals surface area contributed by atoms with Gasteiger partial charge in [0.25, 0.3) is 0 Å². The molecule has 7 nitrogen and oxygen atoms in total. The zero-order chi connectivity index (χ0) is 18.7. The summed E-state index contributed by atoms with van der Waals surface area (Å²) in [6, 6.07) is 7.40. The number of urea groups is 1. The highest BCUT2D eigenvalue weighted by Gasteiger charge is 2.35. The Bertz CT molecular complexity index is 752. The first kappa shape index (κ1) is 18.2. The molecule has 1 aliphatic rings. The number of carbonyl (C=O) groups excluding carboxylic acids is 2. The predicted molar refractivity (Wildman–Crippen MR) is 101 cm³/mol. The number of carbonyl (C=O) groups is 2. The summed E-state index contributed by atoms with van der Waals surface area (Å²) in [7, 11) is 0. The van der Waals surface area contributed by atoms with Gasteiger partial charge in [-0.1, -0.05) is 26.0 Å². The third-order valence-corrected chi connectivity index (χ3v) is 4.63. The molecule has 3 amide bonds. The number of hydrogen-bond acceptors (Lipinski definition) is 3. The van der Waals surface area contributed by atoms with E-state index in [4.69, 9.17) is 0 Å². The molecular formula is C19H27N5O2. The van der Waals surface area contributed by atoms with E-state index in [1.807, 2.05) is 49.9 Å². The van der Waals surface area contributed by atoms with E-state index in [9.17, 15) is 9.59 Å². The van der Waals surface area contributed by atoms with Gasteiger partial charge < -0.3 is 20.1 Å². The maximum absolute atomic E-state index is 12.5. The molecule has 0 aliphatic carbocycles. The minimum absolute atomic E-state index is 0.117. The zero-order valence-electron chi connectivity index (χ0n) is 15.7. The van der Waals surface area contributed by atoms with Gasteiger partial charge in [-0.05, 0) is 25.0 Å². The van der Waals surface area contributed by atoms with Crippen LogP contribution in [0.1, 0.15) is 39.1 Å². The normalized spacial score (nSPS) is 17.8. The molecule has 0 spiro atoms. The molecule has 3 rings (SSSR count). The molecule has 1 aliphatic heterocycles. The molecule has 2 aromatic rings. The van der Waals surface area contributed by atoms with Crippen LogP contribution in [-0.4, -0.2) is 57.9 Å². The first-order chi connectivity index (χ1) is 12.5. The number of hydrogen-bond donors (Lipinski definition) is 2. The molecule has 0 radical (unpaired) electrons. The Morgan fingerprint density at radius 2 is 2.08 bits per heavy atom. The van der Waals surface area contributed by atoms with Crippen molar-refractivity contribution in [2.45, 2.75) is 33.2 Å². The Morgan fingerprint density at radius 1 is 1.31 bits per heavy atom. The van der Waals surface area contributed by atoms with E-state index in [0.717, 1.165) is 16.9 Å². The van der Waals surface area contributed by atoms with Crippen LogP contribution in [0, 0.1) is 5.92 Å². The van der Waals surface area contributed by atoms with Gasteiger partial charge in [-0.3, -0.25) is 4.79 Å². The van der Waals surface area contributed by atoms with Crippen molar-refractivity contribution in [1.82, 2.24) is 25.1 Å². The first-order valence-corrected chi connectivity index (χ1v) is 9.26. The van der Waals surface area contributed by atoms with Gasteiger partial charge in [0.05, 0.1) is 11.0 Å². The van der Waals surface area contributed by atoms with Crippen molar-refractivity contribution in [1.29, 1.82) is 0 Å². The average Bonchev–Trinajstić information content (AvgIpc) is 3.05. The molecule has 2 heterocycles. The van der Waals surface area contributed by atoms with Gasteiger partial charge in [-0.2, -0.15) is 0 Å². The smallest absolute Gasteiger partial charge is 0.318 e. The lowest BCUT2D eigenvalue weighted by atomic mass is 10.1. The van der Waals surface area contributed by atoms with Gasteiger partial charge in [0.2, 0.25) is 5.91 Å². The van der Waals surface area contributed by atoms with Crippen LogP contribution in [-0.2, 0) is 4.79 Å². The van der Waals surface area contributed by atoms with Crippen LogP contribution in [0.4, 0.5) is 4.79 Å². The number of aromatic nitrogens is 2. The summed E-state index contributed by atoms with van der Waals surface area (Å²) in [6.07, 6.45) is 0.522. The third-order valence-electron chi connectivity index (χ3n) is 4.63. The molecule has 1 fully saturated rings. The van der Waals surface area contributed by atoms with Crippen LogP contribution in [0.5, 0.6) is 0 Å². The van der Waals surface area contributed by atoms with Gasteiger partial charge in [0.15, 0.2) is 0 Å². The Labute approximate surface area is 153 Å². The molecule has 26 heavy (non-hydrogen) atoms. The van der Waals surface area contributed by atoms with Gasteiger partial charge in [-0.15, -0.1) is 0 Å². The first-order valence-electron chi connectivity index (χ1n) is 9.26. The van der Waals surface area contributed by atoms with E-state index in [2.05, 4.69) is 15.3 Å². The summed E-state index contributed by atoms with van der Waals surface area (Å²) in [5, 5.41) is 2.87. The van der Waals surface area contributed by atoms with E-state index < -0.39 is 0 Å². The summed E-state index contributed by atoms with van der Waals surface area (Å²) in [4.78, 5) is 36.7. The number of H-pyrrole nitrogens is 1. The Kier molecular flexibility index (Phi) is 5.44. The van der Waals surface area contributed by atoms with Gasteiger partial charge in [0, 0.05) is 32.6 Å². The van der Waals surface area contributed by atoms with Crippen LogP contribution in [0.15, 0.2) is 24.3 Å². The summed E-state index contributed by atoms with van der Waals surface area (Å²) >= 11 is 0. The summed E-state index contributed by atoms with van der Waals surface area (Å²) in [5.41, 5.74) is 1.80. The largest absolute Gasteiger partial charge is 0.340 e. The summed E-state index contributed by atoms with van der Waals surface area (Å²) in [5.74, 6) is 1.17. The van der Waals surface area contributed by atoms with Crippen LogP contribution in [0.3, 0.4) is 0 Å². The Morgan fingerprint density at radius 3 is 2.77 bits per heavy atom. The van der Waals surface area contributed by atoms with Crippen molar-refractivity contribution in [3.05, 3.63) is 30.1 Å². The average molecular weight is 357 g/mol. The van der Waals surface area contributed by atoms with Crippen LogP contribution >= 0.6 is 0 Å². The molecule has 2 N–H and O–H groups in total. The third kappa shape index (κ3) is 3.81. The topological polar surface area (TPSA) is 81.3 Å². The quantitative estimate of drug-likeness (QED) is 0.882. The number of nitrogens with zero attached hydrogens (tertiary/aromatic N) is 3. The number of imidazole rings is 1. The summed E-state index contributed by atoms with van der Waals surface area (Å²) in [6.45, 7) is 8.06. The number of piperazine rings is 1. The number of benzene rings is 1. The Balaban J connectivity index is 1.88. The highest BCUT2D eigenvalue weighted by molar-refractivity contribution is 5.79. The standard InChI is InChI=1S/C19H27N5O2/c1-4-20-19(26)24-10-9-23(17(25)11-13(2)3)12-16(24)18-21-14-7-5-6-8-15(14)22-18/h5-8,13,16H,4,9-12H2,1-3H3,(H,20,26)(H,21,22). The van der Waals surface area contributed by atoms with E-state index in [1.54, 1.807) is 4.90 Å². The maximum atomic E-state index is 12.5. The number of aromatic amines is 1. The predicted octanol–water partition coefficient (Wildman–Crippen LogP) is 2.52. The van der Waals surface area contributed by atoms with Crippen LogP contribution in [0.25, 0.3) is 11.0 Å². The minimum atomic E-state index is -0.279. The monoisotopic (exact) mass is 357 g/mol. The van der Waals surface area contributed by atoms with Crippen LogP contribution < -0.4 is 5.32 Å². The van der Waals surface area contributed by atoms with Crippen molar-refractivity contribution in [3.63, 3.8) is 0 Å². The lowest BCUT2D eigenvalue weighted by Gasteiger charge is -2.40. The van der Waals surface area contributed by atoms with E-state index in [-0.39, 0.29) is 18.0 Å². The second-order valence-electron chi connectivity index (χ2n) is 7.12. The lowest BCUT2D eigenvalue weighted by molar-refractivity contribution is -0.134. The molecule has 1 aromatic carbocycles. The molecule has 7 heteroatoms. The van der Waals surface area contributed by atoms with E-state index >= 15 is 0 Å². The number of rotatable bonds is 4. The summed E-state index contributed by atoms with van der Waals surface area (Å²) < 4.78 is 0. The molecule has 1 unspecified atom stereocenters. The molecule has 1 aromatic heterocycles. The van der Waals surface area contributed by atoms with Crippen LogP contribution in [0.2, 0.25) is 0 Å². The van der Waals surface area contributed by atoms with Crippen molar-refractivity contribution in [2.24, 2.45) is 5.92 Å². The van der Waals surface area contributed by atoms with Gasteiger partial charge >= 0.3 is 6.03 Å². The number of amides is 3. The lowest BCUT2D eigenvalue weighted by Crippen LogP contribution is -2.55. The minimum Gasteiger partial charge on any atom is -0.340 e. The Hall–Kier alpha value is -2.57. The number of nitrogens with one attached hydrogen (secondary N) is 2.